The number of aliphatic hydroxyl groups is 1. The second-order valence-corrected chi connectivity index (χ2v) is 5.27. The topological polar surface area (TPSA) is 41.9 Å². The maximum Gasteiger partial charge on any atom is 0.124 e. The van der Waals surface area contributed by atoms with Crippen LogP contribution in [-0.2, 0) is 11.3 Å². The SMILES string of the molecule is CCOCC(O)CN(C)Cc1cc(C)c(OC)c(C)c1. The summed E-state index contributed by atoms with van der Waals surface area (Å²) in [5.41, 5.74) is 3.52. The number of methoxy groups -OCH3 is 1. The zero-order valence-corrected chi connectivity index (χ0v) is 13.3. The summed E-state index contributed by atoms with van der Waals surface area (Å²) in [7, 11) is 3.70. The van der Waals surface area contributed by atoms with Gasteiger partial charge in [0.15, 0.2) is 0 Å². The van der Waals surface area contributed by atoms with E-state index in [9.17, 15) is 5.11 Å². The fraction of sp³-hybridized carbons (Fsp3) is 0.625. The first-order valence-electron chi connectivity index (χ1n) is 7.06. The zero-order chi connectivity index (χ0) is 15.1. The van der Waals surface area contributed by atoms with Crippen LogP contribution < -0.4 is 4.74 Å². The van der Waals surface area contributed by atoms with Gasteiger partial charge >= 0.3 is 0 Å². The van der Waals surface area contributed by atoms with E-state index < -0.39 is 6.10 Å². The van der Waals surface area contributed by atoms with Crippen LogP contribution in [0.2, 0.25) is 0 Å². The van der Waals surface area contributed by atoms with Crippen LogP contribution in [0.15, 0.2) is 12.1 Å². The number of ether oxygens (including phenoxy) is 2. The van der Waals surface area contributed by atoms with E-state index in [-0.39, 0.29) is 0 Å². The lowest BCUT2D eigenvalue weighted by Gasteiger charge is -2.21. The van der Waals surface area contributed by atoms with Gasteiger partial charge in [0.2, 0.25) is 0 Å². The molecule has 0 radical (unpaired) electrons. The Balaban J connectivity index is 2.60. The first kappa shape index (κ1) is 17.0. The van der Waals surface area contributed by atoms with Gasteiger partial charge in [0.25, 0.3) is 0 Å². The van der Waals surface area contributed by atoms with Crippen molar-refractivity contribution in [2.75, 3.05) is 33.9 Å². The number of rotatable bonds is 8. The maximum absolute atomic E-state index is 9.83. The molecule has 20 heavy (non-hydrogen) atoms. The second-order valence-electron chi connectivity index (χ2n) is 5.27. The minimum absolute atomic E-state index is 0.390. The van der Waals surface area contributed by atoms with Crippen molar-refractivity contribution in [1.82, 2.24) is 4.90 Å². The Kier molecular flexibility index (Phi) is 6.99. The molecule has 4 heteroatoms. The van der Waals surface area contributed by atoms with Gasteiger partial charge in [0.1, 0.15) is 5.75 Å². The van der Waals surface area contributed by atoms with Crippen molar-refractivity contribution in [3.63, 3.8) is 0 Å². The molecule has 1 rings (SSSR count). The summed E-state index contributed by atoms with van der Waals surface area (Å²) in [6, 6.07) is 4.27. The number of likely N-dealkylation sites (N-methyl/N-ethyl adjacent to an activating group) is 1. The minimum atomic E-state index is -0.444. The Morgan fingerprint density at radius 3 is 2.35 bits per heavy atom. The van der Waals surface area contributed by atoms with Crippen LogP contribution in [0, 0.1) is 13.8 Å². The van der Waals surface area contributed by atoms with Crippen molar-refractivity contribution in [2.45, 2.75) is 33.4 Å². The highest BCUT2D eigenvalue weighted by Crippen LogP contribution is 2.24. The van der Waals surface area contributed by atoms with Crippen LogP contribution in [0.25, 0.3) is 0 Å². The smallest absolute Gasteiger partial charge is 0.124 e. The molecule has 0 saturated carbocycles. The molecule has 114 valence electrons. The van der Waals surface area contributed by atoms with Gasteiger partial charge in [-0.15, -0.1) is 0 Å². The van der Waals surface area contributed by atoms with E-state index in [0.29, 0.717) is 19.8 Å². The van der Waals surface area contributed by atoms with Crippen molar-refractivity contribution in [1.29, 1.82) is 0 Å². The van der Waals surface area contributed by atoms with Crippen LogP contribution in [0.5, 0.6) is 5.75 Å². The Hall–Kier alpha value is -1.10. The highest BCUT2D eigenvalue weighted by Gasteiger charge is 2.11. The Morgan fingerprint density at radius 1 is 1.25 bits per heavy atom. The second kappa shape index (κ2) is 8.25. The average Bonchev–Trinajstić information content (AvgIpc) is 2.35. The molecule has 1 aromatic rings. The molecule has 0 aliphatic carbocycles. The molecule has 1 N–H and O–H groups in total. The number of benzene rings is 1. The van der Waals surface area contributed by atoms with Crippen LogP contribution in [0.1, 0.15) is 23.6 Å². The number of nitrogens with zero attached hydrogens (tertiary/aromatic N) is 1. The van der Waals surface area contributed by atoms with Gasteiger partial charge in [-0.3, -0.25) is 4.90 Å². The molecular weight excluding hydrogens is 254 g/mol. The standard InChI is InChI=1S/C16H27NO3/c1-6-20-11-15(18)10-17(4)9-14-7-12(2)16(19-5)13(3)8-14/h7-8,15,18H,6,9-11H2,1-5H3. The van der Waals surface area contributed by atoms with E-state index in [2.05, 4.69) is 30.9 Å². The van der Waals surface area contributed by atoms with Crippen LogP contribution in [-0.4, -0.2) is 50.0 Å². The van der Waals surface area contributed by atoms with E-state index in [0.717, 1.165) is 23.4 Å². The van der Waals surface area contributed by atoms with E-state index in [1.54, 1.807) is 7.11 Å². The summed E-state index contributed by atoms with van der Waals surface area (Å²) in [4.78, 5) is 2.10. The van der Waals surface area contributed by atoms with Gasteiger partial charge in [-0.1, -0.05) is 12.1 Å². The monoisotopic (exact) mass is 281 g/mol. The molecule has 1 atom stereocenters. The van der Waals surface area contributed by atoms with Gasteiger partial charge in [0, 0.05) is 19.7 Å². The average molecular weight is 281 g/mol. The third-order valence-electron chi connectivity index (χ3n) is 3.21. The Bertz CT molecular complexity index is 397. The Labute approximate surface area is 122 Å². The first-order valence-corrected chi connectivity index (χ1v) is 7.06. The van der Waals surface area contributed by atoms with Crippen LogP contribution in [0.4, 0.5) is 0 Å². The fourth-order valence-electron chi connectivity index (χ4n) is 2.50. The molecule has 0 bridgehead atoms. The normalized spacial score (nSPS) is 12.8. The van der Waals surface area contributed by atoms with E-state index in [1.807, 2.05) is 14.0 Å². The quantitative estimate of drug-likeness (QED) is 0.793. The molecule has 0 heterocycles. The predicted octanol–water partition coefficient (Wildman–Crippen LogP) is 2.14. The molecule has 1 unspecified atom stereocenters. The lowest BCUT2D eigenvalue weighted by Crippen LogP contribution is -2.31. The molecule has 0 amide bonds. The van der Waals surface area contributed by atoms with Crippen LogP contribution >= 0.6 is 0 Å². The van der Waals surface area contributed by atoms with Crippen molar-refractivity contribution in [3.8, 4) is 5.75 Å². The lowest BCUT2D eigenvalue weighted by molar-refractivity contribution is 0.0244. The van der Waals surface area contributed by atoms with Gasteiger partial charge in [-0.25, -0.2) is 0 Å². The predicted molar refractivity (Wildman–Crippen MR) is 81.3 cm³/mol. The molecule has 0 spiro atoms. The lowest BCUT2D eigenvalue weighted by atomic mass is 10.1. The van der Waals surface area contributed by atoms with Crippen molar-refractivity contribution in [2.24, 2.45) is 0 Å². The summed E-state index contributed by atoms with van der Waals surface area (Å²) in [5, 5.41) is 9.83. The van der Waals surface area contributed by atoms with Gasteiger partial charge in [0.05, 0.1) is 19.8 Å². The zero-order valence-electron chi connectivity index (χ0n) is 13.3. The molecule has 0 aliphatic rings. The fourth-order valence-corrected chi connectivity index (χ4v) is 2.50. The third kappa shape index (κ3) is 5.12. The highest BCUT2D eigenvalue weighted by atomic mass is 16.5. The van der Waals surface area contributed by atoms with E-state index in [4.69, 9.17) is 9.47 Å². The van der Waals surface area contributed by atoms with Gasteiger partial charge in [-0.2, -0.15) is 0 Å². The molecule has 0 fully saturated rings. The number of hydrogen-bond acceptors (Lipinski definition) is 4. The molecular formula is C16H27NO3. The summed E-state index contributed by atoms with van der Waals surface area (Å²) in [6.07, 6.45) is -0.444. The minimum Gasteiger partial charge on any atom is -0.496 e. The van der Waals surface area contributed by atoms with Crippen LogP contribution in [0.3, 0.4) is 0 Å². The summed E-state index contributed by atoms with van der Waals surface area (Å²) < 4.78 is 10.6. The highest BCUT2D eigenvalue weighted by molar-refractivity contribution is 5.43. The number of aryl methyl sites for hydroxylation is 2. The van der Waals surface area contributed by atoms with E-state index >= 15 is 0 Å². The third-order valence-corrected chi connectivity index (χ3v) is 3.21. The first-order chi connectivity index (χ1) is 9.47. The van der Waals surface area contributed by atoms with Crippen molar-refractivity contribution in [3.05, 3.63) is 28.8 Å². The van der Waals surface area contributed by atoms with Crippen molar-refractivity contribution >= 4 is 0 Å². The van der Waals surface area contributed by atoms with Gasteiger partial charge in [-0.05, 0) is 44.5 Å². The molecule has 0 aromatic heterocycles. The number of aliphatic hydroxyl groups excluding tert-OH is 1. The summed E-state index contributed by atoms with van der Waals surface area (Å²) in [6.45, 7) is 8.47. The molecule has 0 saturated heterocycles. The van der Waals surface area contributed by atoms with E-state index in [1.165, 1.54) is 5.56 Å². The van der Waals surface area contributed by atoms with Gasteiger partial charge < -0.3 is 14.6 Å². The summed E-state index contributed by atoms with van der Waals surface area (Å²) in [5.74, 6) is 0.952. The number of hydrogen-bond donors (Lipinski definition) is 1. The van der Waals surface area contributed by atoms with Crippen molar-refractivity contribution < 1.29 is 14.6 Å². The molecule has 4 nitrogen and oxygen atoms in total. The molecule has 0 aliphatic heterocycles. The Morgan fingerprint density at radius 2 is 1.85 bits per heavy atom. The summed E-state index contributed by atoms with van der Waals surface area (Å²) >= 11 is 0. The maximum atomic E-state index is 9.83. The largest absolute Gasteiger partial charge is 0.496 e. The molecule has 1 aromatic carbocycles.